The predicted molar refractivity (Wildman–Crippen MR) is 74.1 cm³/mol. The van der Waals surface area contributed by atoms with Crippen LogP contribution in [0.4, 0.5) is 5.82 Å². The number of anilines is 1. The molecular formula is C13H17N5. The molecule has 18 heavy (non-hydrogen) atoms. The van der Waals surface area contributed by atoms with Crippen LogP contribution in [0.1, 0.15) is 12.1 Å². The Hall–Kier alpha value is -2.17. The lowest BCUT2D eigenvalue weighted by Crippen LogP contribution is -2.25. The van der Waals surface area contributed by atoms with Gasteiger partial charge in [-0.2, -0.15) is 0 Å². The Morgan fingerprint density at radius 2 is 1.89 bits per heavy atom. The van der Waals surface area contributed by atoms with Crippen molar-refractivity contribution in [3.8, 4) is 0 Å². The Morgan fingerprint density at radius 1 is 1.28 bits per heavy atom. The maximum Gasteiger partial charge on any atom is 0.150 e. The summed E-state index contributed by atoms with van der Waals surface area (Å²) in [4.78, 5) is 11.1. The Balaban J connectivity index is 2.32. The van der Waals surface area contributed by atoms with Crippen LogP contribution in [0.25, 0.3) is 11.0 Å². The van der Waals surface area contributed by atoms with Crippen molar-refractivity contribution in [2.45, 2.75) is 13.3 Å². The molecule has 0 saturated heterocycles. The van der Waals surface area contributed by atoms with Gasteiger partial charge in [-0.25, -0.2) is 9.97 Å². The number of nitrogens with zero attached hydrogens (tertiary/aromatic N) is 3. The van der Waals surface area contributed by atoms with E-state index in [0.29, 0.717) is 13.0 Å². The van der Waals surface area contributed by atoms with Crippen LogP contribution in [-0.4, -0.2) is 29.4 Å². The summed E-state index contributed by atoms with van der Waals surface area (Å²) in [6.45, 7) is 2.61. The standard InChI is InChI=1S/C13H17N5/c1-9-13(18(2)8-7-12(14)15)17-11-6-4-3-5-10(11)16-9/h3-6H,7-8H2,1-2H3,(H3,14,15). The van der Waals surface area contributed by atoms with E-state index in [-0.39, 0.29) is 5.84 Å². The van der Waals surface area contributed by atoms with Crippen molar-refractivity contribution in [1.82, 2.24) is 9.97 Å². The van der Waals surface area contributed by atoms with Crippen LogP contribution in [-0.2, 0) is 0 Å². The topological polar surface area (TPSA) is 78.9 Å². The molecule has 0 amide bonds. The normalized spacial score (nSPS) is 10.6. The SMILES string of the molecule is Cc1nc2ccccc2nc1N(C)CCC(=N)N. The summed E-state index contributed by atoms with van der Waals surface area (Å²) in [7, 11) is 1.94. The molecular weight excluding hydrogens is 226 g/mol. The molecule has 0 atom stereocenters. The fraction of sp³-hybridized carbons (Fsp3) is 0.308. The summed E-state index contributed by atoms with van der Waals surface area (Å²) in [6.07, 6.45) is 0.532. The maximum atomic E-state index is 7.25. The van der Waals surface area contributed by atoms with Gasteiger partial charge in [-0.1, -0.05) is 12.1 Å². The van der Waals surface area contributed by atoms with Crippen LogP contribution in [0, 0.1) is 12.3 Å². The molecule has 1 aromatic heterocycles. The number of benzene rings is 1. The summed E-state index contributed by atoms with van der Waals surface area (Å²) < 4.78 is 0. The molecule has 0 spiro atoms. The van der Waals surface area contributed by atoms with E-state index in [1.54, 1.807) is 0 Å². The summed E-state index contributed by atoms with van der Waals surface area (Å²) in [6, 6.07) is 7.81. The minimum Gasteiger partial charge on any atom is -0.388 e. The number of nitrogens with two attached hydrogens (primary N) is 1. The molecule has 3 N–H and O–H groups in total. The molecule has 1 heterocycles. The van der Waals surface area contributed by atoms with E-state index in [9.17, 15) is 0 Å². The van der Waals surface area contributed by atoms with Gasteiger partial charge in [0.1, 0.15) is 0 Å². The van der Waals surface area contributed by atoms with Gasteiger partial charge < -0.3 is 10.6 Å². The second kappa shape index (κ2) is 5.00. The van der Waals surface area contributed by atoms with Crippen LogP contribution in [0.5, 0.6) is 0 Å². The highest BCUT2D eigenvalue weighted by Crippen LogP contribution is 2.18. The number of aromatic nitrogens is 2. The number of aryl methyl sites for hydroxylation is 1. The Morgan fingerprint density at radius 3 is 2.50 bits per heavy atom. The average molecular weight is 243 g/mol. The van der Waals surface area contributed by atoms with E-state index < -0.39 is 0 Å². The van der Waals surface area contributed by atoms with E-state index in [1.165, 1.54) is 0 Å². The van der Waals surface area contributed by atoms with Gasteiger partial charge in [0.05, 0.1) is 22.6 Å². The fourth-order valence-electron chi connectivity index (χ4n) is 1.83. The molecule has 2 rings (SSSR count). The highest BCUT2D eigenvalue weighted by Gasteiger charge is 2.09. The van der Waals surface area contributed by atoms with Gasteiger partial charge in [0.25, 0.3) is 0 Å². The number of nitrogens with one attached hydrogen (secondary N) is 1. The number of hydrogen-bond donors (Lipinski definition) is 2. The quantitative estimate of drug-likeness (QED) is 0.632. The molecule has 5 heteroatoms. The van der Waals surface area contributed by atoms with Crippen molar-refractivity contribution in [2.24, 2.45) is 5.73 Å². The monoisotopic (exact) mass is 243 g/mol. The van der Waals surface area contributed by atoms with Gasteiger partial charge in [0.2, 0.25) is 0 Å². The van der Waals surface area contributed by atoms with Gasteiger partial charge in [0, 0.05) is 20.0 Å². The molecule has 0 aliphatic rings. The van der Waals surface area contributed by atoms with Crippen LogP contribution in [0.15, 0.2) is 24.3 Å². The van der Waals surface area contributed by atoms with E-state index >= 15 is 0 Å². The van der Waals surface area contributed by atoms with E-state index in [4.69, 9.17) is 11.1 Å². The lowest BCUT2D eigenvalue weighted by Gasteiger charge is -2.19. The summed E-state index contributed by atoms with van der Waals surface area (Å²) in [5.41, 5.74) is 8.04. The summed E-state index contributed by atoms with van der Waals surface area (Å²) in [5, 5.41) is 7.25. The molecule has 94 valence electrons. The highest BCUT2D eigenvalue weighted by atomic mass is 15.2. The minimum atomic E-state index is 0.188. The third-order valence-corrected chi connectivity index (χ3v) is 2.80. The zero-order chi connectivity index (χ0) is 13.1. The molecule has 0 unspecified atom stereocenters. The number of hydrogen-bond acceptors (Lipinski definition) is 4. The molecule has 0 radical (unpaired) electrons. The minimum absolute atomic E-state index is 0.188. The lowest BCUT2D eigenvalue weighted by molar-refractivity contribution is 0.880. The first-order chi connectivity index (χ1) is 8.58. The van der Waals surface area contributed by atoms with Crippen molar-refractivity contribution >= 4 is 22.7 Å². The molecule has 5 nitrogen and oxygen atoms in total. The average Bonchev–Trinajstić information content (AvgIpc) is 2.35. The molecule has 0 saturated carbocycles. The predicted octanol–water partition coefficient (Wildman–Crippen LogP) is 1.70. The van der Waals surface area contributed by atoms with Gasteiger partial charge in [-0.05, 0) is 19.1 Å². The maximum absolute atomic E-state index is 7.25. The van der Waals surface area contributed by atoms with Crippen molar-refractivity contribution in [2.75, 3.05) is 18.5 Å². The zero-order valence-corrected chi connectivity index (χ0v) is 10.6. The Bertz CT molecular complexity index is 579. The zero-order valence-electron chi connectivity index (χ0n) is 10.6. The Kier molecular flexibility index (Phi) is 3.41. The smallest absolute Gasteiger partial charge is 0.150 e. The first-order valence-electron chi connectivity index (χ1n) is 5.85. The van der Waals surface area contributed by atoms with Gasteiger partial charge in [0.15, 0.2) is 5.82 Å². The molecule has 0 aliphatic heterocycles. The third kappa shape index (κ3) is 2.56. The number of para-hydroxylation sites is 2. The first kappa shape index (κ1) is 12.3. The second-order valence-corrected chi connectivity index (χ2v) is 4.32. The van der Waals surface area contributed by atoms with Crippen molar-refractivity contribution < 1.29 is 0 Å². The third-order valence-electron chi connectivity index (χ3n) is 2.80. The fourth-order valence-corrected chi connectivity index (χ4v) is 1.83. The first-order valence-corrected chi connectivity index (χ1v) is 5.85. The molecule has 0 aliphatic carbocycles. The van der Waals surface area contributed by atoms with E-state index in [1.807, 2.05) is 43.1 Å². The highest BCUT2D eigenvalue weighted by molar-refractivity contribution is 5.78. The molecule has 0 fully saturated rings. The van der Waals surface area contributed by atoms with E-state index in [0.717, 1.165) is 22.5 Å². The van der Waals surface area contributed by atoms with Crippen molar-refractivity contribution in [1.29, 1.82) is 5.41 Å². The number of amidine groups is 1. The van der Waals surface area contributed by atoms with Crippen LogP contribution >= 0.6 is 0 Å². The van der Waals surface area contributed by atoms with Crippen LogP contribution in [0.3, 0.4) is 0 Å². The molecule has 0 bridgehead atoms. The van der Waals surface area contributed by atoms with Crippen LogP contribution < -0.4 is 10.6 Å². The number of fused-ring (bicyclic) bond motifs is 1. The summed E-state index contributed by atoms with van der Waals surface area (Å²) in [5.74, 6) is 1.03. The van der Waals surface area contributed by atoms with Crippen molar-refractivity contribution in [3.05, 3.63) is 30.0 Å². The van der Waals surface area contributed by atoms with E-state index in [2.05, 4.69) is 9.97 Å². The second-order valence-electron chi connectivity index (χ2n) is 4.32. The largest absolute Gasteiger partial charge is 0.388 e. The summed E-state index contributed by atoms with van der Waals surface area (Å²) >= 11 is 0. The Labute approximate surface area is 106 Å². The lowest BCUT2D eigenvalue weighted by atomic mass is 10.2. The van der Waals surface area contributed by atoms with Gasteiger partial charge in [-0.3, -0.25) is 5.41 Å². The van der Waals surface area contributed by atoms with Gasteiger partial charge >= 0.3 is 0 Å². The molecule has 1 aromatic carbocycles. The number of rotatable bonds is 4. The molecule has 2 aromatic rings. The van der Waals surface area contributed by atoms with Crippen molar-refractivity contribution in [3.63, 3.8) is 0 Å². The van der Waals surface area contributed by atoms with Crippen LogP contribution in [0.2, 0.25) is 0 Å². The van der Waals surface area contributed by atoms with Gasteiger partial charge in [-0.15, -0.1) is 0 Å².